The van der Waals surface area contributed by atoms with Crippen molar-refractivity contribution in [3.05, 3.63) is 12.7 Å². The van der Waals surface area contributed by atoms with Gasteiger partial charge in [-0.25, -0.2) is 0 Å². The lowest BCUT2D eigenvalue weighted by atomic mass is 9.91. The van der Waals surface area contributed by atoms with Gasteiger partial charge in [0.05, 0.1) is 23.9 Å². The zero-order valence-electron chi connectivity index (χ0n) is 14.4. The second-order valence-electron chi connectivity index (χ2n) is 7.03. The van der Waals surface area contributed by atoms with Crippen molar-refractivity contribution < 1.29 is 40.1 Å². The molecule has 1 heterocycles. The van der Waals surface area contributed by atoms with Gasteiger partial charge in [0.25, 0.3) is 0 Å². The molecule has 1 fully saturated rings. The highest BCUT2D eigenvalue weighted by atomic mass is 16.7. The van der Waals surface area contributed by atoms with E-state index in [1.54, 1.807) is 20.8 Å². The van der Waals surface area contributed by atoms with Gasteiger partial charge in [0.1, 0.15) is 24.4 Å². The van der Waals surface area contributed by atoms with Crippen LogP contribution in [0.5, 0.6) is 0 Å². The summed E-state index contributed by atoms with van der Waals surface area (Å²) in [5.41, 5.74) is -2.30. The van der Waals surface area contributed by atoms with E-state index in [1.165, 1.54) is 6.08 Å². The minimum Gasteiger partial charge on any atom is -0.394 e. The van der Waals surface area contributed by atoms with Gasteiger partial charge >= 0.3 is 0 Å². The lowest BCUT2D eigenvalue weighted by Gasteiger charge is -2.43. The molecule has 0 aromatic heterocycles. The van der Waals surface area contributed by atoms with Crippen LogP contribution < -0.4 is 0 Å². The van der Waals surface area contributed by atoms with Gasteiger partial charge in [-0.05, 0) is 33.6 Å². The summed E-state index contributed by atoms with van der Waals surface area (Å²) in [5, 5.41) is 58.9. The van der Waals surface area contributed by atoms with Crippen LogP contribution in [0.15, 0.2) is 12.7 Å². The second-order valence-corrected chi connectivity index (χ2v) is 7.03. The number of ether oxygens (including phenoxy) is 2. The summed E-state index contributed by atoms with van der Waals surface area (Å²) in [4.78, 5) is 0. The van der Waals surface area contributed by atoms with E-state index in [1.807, 2.05) is 0 Å². The van der Waals surface area contributed by atoms with Crippen molar-refractivity contribution in [2.75, 3.05) is 6.61 Å². The van der Waals surface area contributed by atoms with Crippen molar-refractivity contribution in [1.82, 2.24) is 0 Å². The molecule has 0 spiro atoms. The van der Waals surface area contributed by atoms with E-state index in [-0.39, 0.29) is 12.8 Å². The van der Waals surface area contributed by atoms with Crippen LogP contribution in [0.2, 0.25) is 0 Å². The summed E-state index contributed by atoms with van der Waals surface area (Å²) in [7, 11) is 0. The van der Waals surface area contributed by atoms with Gasteiger partial charge < -0.3 is 40.1 Å². The Kier molecular flexibility index (Phi) is 7.33. The van der Waals surface area contributed by atoms with Crippen LogP contribution in [-0.2, 0) is 9.47 Å². The highest BCUT2D eigenvalue weighted by Gasteiger charge is 2.46. The summed E-state index contributed by atoms with van der Waals surface area (Å²) < 4.78 is 10.9. The zero-order valence-corrected chi connectivity index (χ0v) is 14.4. The van der Waals surface area contributed by atoms with Crippen molar-refractivity contribution in [3.63, 3.8) is 0 Å². The largest absolute Gasteiger partial charge is 0.394 e. The third kappa shape index (κ3) is 5.21. The summed E-state index contributed by atoms with van der Waals surface area (Å²) in [6.45, 7) is 7.67. The summed E-state index contributed by atoms with van der Waals surface area (Å²) in [6.07, 6.45) is -6.14. The van der Waals surface area contributed by atoms with Crippen molar-refractivity contribution >= 4 is 0 Å². The molecular weight excluding hydrogens is 320 g/mol. The quantitative estimate of drug-likeness (QED) is 0.296. The van der Waals surface area contributed by atoms with E-state index in [0.29, 0.717) is 0 Å². The first-order chi connectivity index (χ1) is 10.9. The minimum absolute atomic E-state index is 0.198. The molecule has 6 N–H and O–H groups in total. The average molecular weight is 350 g/mol. The molecule has 7 atom stereocenters. The number of aliphatic hydroxyl groups excluding tert-OH is 5. The van der Waals surface area contributed by atoms with Gasteiger partial charge in [0, 0.05) is 0 Å². The maximum absolute atomic E-state index is 10.3. The fourth-order valence-electron chi connectivity index (χ4n) is 2.42. The van der Waals surface area contributed by atoms with Crippen molar-refractivity contribution in [2.24, 2.45) is 0 Å². The maximum Gasteiger partial charge on any atom is 0.187 e. The third-order valence-electron chi connectivity index (χ3n) is 4.43. The Morgan fingerprint density at radius 3 is 2.25 bits per heavy atom. The molecular formula is C16H30O8. The molecule has 0 bridgehead atoms. The zero-order chi connectivity index (χ0) is 18.7. The van der Waals surface area contributed by atoms with E-state index in [9.17, 15) is 30.6 Å². The van der Waals surface area contributed by atoms with Gasteiger partial charge in [-0.2, -0.15) is 0 Å². The van der Waals surface area contributed by atoms with Crippen molar-refractivity contribution in [2.45, 2.75) is 81.6 Å². The van der Waals surface area contributed by atoms with Crippen LogP contribution in [0, 0.1) is 0 Å². The van der Waals surface area contributed by atoms with Gasteiger partial charge in [-0.1, -0.05) is 6.08 Å². The third-order valence-corrected chi connectivity index (χ3v) is 4.43. The van der Waals surface area contributed by atoms with E-state index in [4.69, 9.17) is 9.47 Å². The lowest BCUT2D eigenvalue weighted by Crippen LogP contribution is -2.61. The van der Waals surface area contributed by atoms with E-state index in [2.05, 4.69) is 6.58 Å². The Morgan fingerprint density at radius 2 is 1.75 bits per heavy atom. The molecule has 24 heavy (non-hydrogen) atoms. The number of hydrogen-bond donors (Lipinski definition) is 6. The fourth-order valence-corrected chi connectivity index (χ4v) is 2.42. The molecule has 1 aliphatic rings. The molecule has 0 saturated carbocycles. The van der Waals surface area contributed by atoms with Crippen molar-refractivity contribution in [1.29, 1.82) is 0 Å². The Bertz CT molecular complexity index is 409. The summed E-state index contributed by atoms with van der Waals surface area (Å²) in [6, 6.07) is 0. The Labute approximate surface area is 142 Å². The van der Waals surface area contributed by atoms with Crippen LogP contribution in [0.4, 0.5) is 0 Å². The Balaban J connectivity index is 2.72. The predicted molar refractivity (Wildman–Crippen MR) is 85.0 cm³/mol. The number of aliphatic hydroxyl groups is 6. The molecule has 1 unspecified atom stereocenters. The molecule has 1 rings (SSSR count). The van der Waals surface area contributed by atoms with E-state index in [0.717, 1.165) is 0 Å². The minimum atomic E-state index is -1.55. The molecule has 0 radical (unpaired) electrons. The van der Waals surface area contributed by atoms with E-state index >= 15 is 0 Å². The number of hydrogen-bond acceptors (Lipinski definition) is 8. The van der Waals surface area contributed by atoms with Crippen LogP contribution in [0.3, 0.4) is 0 Å². The molecule has 8 heteroatoms. The molecule has 0 aromatic rings. The molecule has 1 aliphatic heterocycles. The van der Waals surface area contributed by atoms with Gasteiger partial charge in [0.2, 0.25) is 0 Å². The van der Waals surface area contributed by atoms with Crippen LogP contribution in [0.1, 0.15) is 33.6 Å². The normalized spacial score (nSPS) is 35.3. The lowest BCUT2D eigenvalue weighted by molar-refractivity contribution is -0.331. The smallest absolute Gasteiger partial charge is 0.187 e. The molecule has 8 nitrogen and oxygen atoms in total. The average Bonchev–Trinajstić information content (AvgIpc) is 2.53. The fraction of sp³-hybridized carbons (Fsp3) is 0.875. The highest BCUT2D eigenvalue weighted by molar-refractivity contribution is 4.94. The maximum atomic E-state index is 10.3. The van der Waals surface area contributed by atoms with Crippen LogP contribution in [-0.4, -0.2) is 85.3 Å². The predicted octanol–water partition coefficient (Wildman–Crippen LogP) is -1.34. The Morgan fingerprint density at radius 1 is 1.17 bits per heavy atom. The first kappa shape index (κ1) is 21.5. The summed E-state index contributed by atoms with van der Waals surface area (Å²) >= 11 is 0. The molecule has 0 aliphatic carbocycles. The standard InChI is InChI=1S/C16H30O8/c1-5-16(4,22)7-6-10(18)15(2,3)24-14-13(21)12(20)11(19)9(8-17)23-14/h5,9-14,17-22H,1,6-8H2,2-4H3/t9-,10+,11-,12+,13-,14+,16?/m1/s1. The van der Waals surface area contributed by atoms with Crippen LogP contribution >= 0.6 is 0 Å². The number of rotatable bonds is 8. The topological polar surface area (TPSA) is 140 Å². The molecule has 1 saturated heterocycles. The Hall–Kier alpha value is -0.580. The first-order valence-corrected chi connectivity index (χ1v) is 7.97. The highest BCUT2D eigenvalue weighted by Crippen LogP contribution is 2.29. The first-order valence-electron chi connectivity index (χ1n) is 7.97. The monoisotopic (exact) mass is 350 g/mol. The van der Waals surface area contributed by atoms with Crippen molar-refractivity contribution in [3.8, 4) is 0 Å². The molecule has 0 amide bonds. The van der Waals surface area contributed by atoms with Gasteiger partial charge in [0.15, 0.2) is 6.29 Å². The van der Waals surface area contributed by atoms with E-state index < -0.39 is 54.6 Å². The van der Waals surface area contributed by atoms with Gasteiger partial charge in [-0.15, -0.1) is 6.58 Å². The molecule has 0 aromatic carbocycles. The van der Waals surface area contributed by atoms with Gasteiger partial charge in [-0.3, -0.25) is 0 Å². The van der Waals surface area contributed by atoms with Crippen LogP contribution in [0.25, 0.3) is 0 Å². The molecule has 142 valence electrons. The summed E-state index contributed by atoms with van der Waals surface area (Å²) in [5.74, 6) is 0. The SMILES string of the molecule is C=CC(C)(O)CC[C@H](O)C(C)(C)O[C@@H]1O[C@H](CO)[C@@H](O)[C@H](O)[C@H]1O. The second kappa shape index (κ2) is 8.20.